The van der Waals surface area contributed by atoms with Crippen LogP contribution in [-0.4, -0.2) is 17.9 Å². The van der Waals surface area contributed by atoms with Gasteiger partial charge in [-0.1, -0.05) is 0 Å². The molecule has 1 N–H and O–H groups in total. The van der Waals surface area contributed by atoms with E-state index in [9.17, 15) is 4.79 Å². The van der Waals surface area contributed by atoms with Crippen molar-refractivity contribution in [2.75, 3.05) is 6.79 Å². The Hall–Kier alpha value is 0.144. The first-order valence-electron chi connectivity index (χ1n) is 1.51. The maximum absolute atomic E-state index is 9.66. The first-order valence-corrected chi connectivity index (χ1v) is 1.51. The van der Waals surface area contributed by atoms with Crippen LogP contribution in [-0.2, 0) is 31.2 Å². The summed E-state index contributed by atoms with van der Waals surface area (Å²) >= 11 is 0. The van der Waals surface area contributed by atoms with Gasteiger partial charge in [0.25, 0.3) is 0 Å². The third kappa shape index (κ3) is 10.7. The van der Waals surface area contributed by atoms with Crippen molar-refractivity contribution < 1.29 is 36.4 Å². The largest absolute Gasteiger partial charge is 0.439 e. The Morgan fingerprint density at radius 2 is 2.29 bits per heavy atom. The number of hydrogen-bond donors (Lipinski definition) is 1. The van der Waals surface area contributed by atoms with Gasteiger partial charge in [-0.25, -0.2) is 0 Å². The van der Waals surface area contributed by atoms with E-state index in [0.29, 0.717) is 0 Å². The standard InChI is InChI=1S/C3H6O3.Ti/c1-3(5)6-2-4;/h4H,2H2,1H3;. The maximum atomic E-state index is 9.66. The molecule has 0 amide bonds. The van der Waals surface area contributed by atoms with Gasteiger partial charge < -0.3 is 9.84 Å². The summed E-state index contributed by atoms with van der Waals surface area (Å²) in [6.45, 7) is 0.714. The van der Waals surface area contributed by atoms with Gasteiger partial charge >= 0.3 is 5.97 Å². The Kier molecular flexibility index (Phi) is 8.95. The Balaban J connectivity index is 0. The zero-order valence-electron chi connectivity index (χ0n) is 3.97. The van der Waals surface area contributed by atoms with Crippen molar-refractivity contribution in [3.8, 4) is 0 Å². The molecular weight excluding hydrogens is 132 g/mol. The molecule has 0 saturated carbocycles. The smallest absolute Gasteiger partial charge is 0.304 e. The first-order chi connectivity index (χ1) is 2.77. The molecule has 0 bridgehead atoms. The van der Waals surface area contributed by atoms with Gasteiger partial charge in [-0.3, -0.25) is 4.79 Å². The van der Waals surface area contributed by atoms with Gasteiger partial charge in [0.15, 0.2) is 6.79 Å². The number of aliphatic hydroxyl groups excluding tert-OH is 1. The Bertz CT molecular complexity index is 54.1. The predicted molar refractivity (Wildman–Crippen MR) is 18.9 cm³/mol. The van der Waals surface area contributed by atoms with E-state index in [4.69, 9.17) is 5.11 Å². The molecule has 0 fully saturated rings. The van der Waals surface area contributed by atoms with Crippen molar-refractivity contribution in [3.05, 3.63) is 0 Å². The number of rotatable bonds is 1. The summed E-state index contributed by atoms with van der Waals surface area (Å²) in [6, 6.07) is 0. The van der Waals surface area contributed by atoms with E-state index in [-0.39, 0.29) is 21.7 Å². The van der Waals surface area contributed by atoms with Crippen LogP contribution in [0.4, 0.5) is 0 Å². The van der Waals surface area contributed by atoms with Crippen LogP contribution in [0.15, 0.2) is 0 Å². The van der Waals surface area contributed by atoms with Gasteiger partial charge in [0.2, 0.25) is 0 Å². The van der Waals surface area contributed by atoms with Gasteiger partial charge in [0.1, 0.15) is 0 Å². The van der Waals surface area contributed by atoms with E-state index < -0.39 is 12.8 Å². The molecule has 0 aliphatic rings. The average molecular weight is 138 g/mol. The number of aliphatic hydroxyl groups is 1. The molecule has 3 nitrogen and oxygen atoms in total. The summed E-state index contributed by atoms with van der Waals surface area (Å²) in [4.78, 5) is 9.66. The molecule has 0 atom stereocenters. The van der Waals surface area contributed by atoms with Gasteiger partial charge in [-0.2, -0.15) is 0 Å². The summed E-state index contributed by atoms with van der Waals surface area (Å²) in [6.07, 6.45) is 0. The Morgan fingerprint density at radius 3 is 2.29 bits per heavy atom. The molecule has 0 aromatic rings. The number of ether oxygens (including phenoxy) is 1. The van der Waals surface area contributed by atoms with Crippen molar-refractivity contribution in [3.63, 3.8) is 0 Å². The minimum absolute atomic E-state index is 0. The Morgan fingerprint density at radius 1 is 1.86 bits per heavy atom. The SMILES string of the molecule is CC(=O)OCO.[Ti]. The molecule has 0 aliphatic heterocycles. The summed E-state index contributed by atoms with van der Waals surface area (Å²) in [5.74, 6) is -0.461. The fourth-order valence-electron chi connectivity index (χ4n) is 0.0909. The van der Waals surface area contributed by atoms with Gasteiger partial charge in [-0.15, -0.1) is 0 Å². The van der Waals surface area contributed by atoms with Crippen LogP contribution in [0.2, 0.25) is 0 Å². The maximum Gasteiger partial charge on any atom is 0.304 e. The van der Waals surface area contributed by atoms with Crippen LogP contribution in [0, 0.1) is 0 Å². The van der Waals surface area contributed by atoms with E-state index in [1.807, 2.05) is 0 Å². The molecule has 40 valence electrons. The molecule has 0 unspecified atom stereocenters. The van der Waals surface area contributed by atoms with Gasteiger partial charge in [0.05, 0.1) is 0 Å². The third-order valence-electron chi connectivity index (χ3n) is 0.268. The quantitative estimate of drug-likeness (QED) is 0.301. The fraction of sp³-hybridized carbons (Fsp3) is 0.667. The average Bonchev–Trinajstić information content (AvgIpc) is 1.35. The molecule has 7 heavy (non-hydrogen) atoms. The third-order valence-corrected chi connectivity index (χ3v) is 0.268. The molecule has 0 rings (SSSR count). The number of carbonyl (C=O) groups is 1. The fourth-order valence-corrected chi connectivity index (χ4v) is 0.0909. The van der Waals surface area contributed by atoms with E-state index >= 15 is 0 Å². The minimum atomic E-state index is -0.519. The van der Waals surface area contributed by atoms with Crippen LogP contribution in [0.5, 0.6) is 0 Å². The minimum Gasteiger partial charge on any atom is -0.439 e. The van der Waals surface area contributed by atoms with Gasteiger partial charge in [-0.05, 0) is 0 Å². The summed E-state index contributed by atoms with van der Waals surface area (Å²) in [5.41, 5.74) is 0. The van der Waals surface area contributed by atoms with Crippen molar-refractivity contribution >= 4 is 5.97 Å². The first kappa shape index (κ1) is 10.2. The monoisotopic (exact) mass is 138 g/mol. The van der Waals surface area contributed by atoms with Gasteiger partial charge in [0, 0.05) is 28.6 Å². The predicted octanol–water partition coefficient (Wildman–Crippen LogP) is -0.503. The molecular formula is C3H6O3Ti. The van der Waals surface area contributed by atoms with E-state index in [1.54, 1.807) is 0 Å². The topological polar surface area (TPSA) is 46.5 Å². The Labute approximate surface area is 56.5 Å². The van der Waals surface area contributed by atoms with Crippen molar-refractivity contribution in [1.82, 2.24) is 0 Å². The summed E-state index contributed by atoms with van der Waals surface area (Å²) in [5, 5.41) is 7.79. The molecule has 0 heterocycles. The van der Waals surface area contributed by atoms with Crippen LogP contribution in [0.3, 0.4) is 0 Å². The molecule has 4 heteroatoms. The molecule has 0 aromatic heterocycles. The second-order valence-electron chi connectivity index (χ2n) is 0.765. The summed E-state index contributed by atoms with van der Waals surface area (Å²) < 4.78 is 3.96. The van der Waals surface area contributed by atoms with Crippen molar-refractivity contribution in [2.45, 2.75) is 6.92 Å². The van der Waals surface area contributed by atoms with Crippen molar-refractivity contribution in [2.24, 2.45) is 0 Å². The second kappa shape index (κ2) is 6.14. The van der Waals surface area contributed by atoms with Crippen LogP contribution >= 0.6 is 0 Å². The molecule has 0 saturated heterocycles. The summed E-state index contributed by atoms with van der Waals surface area (Å²) in [7, 11) is 0. The zero-order valence-corrected chi connectivity index (χ0v) is 5.53. The second-order valence-corrected chi connectivity index (χ2v) is 0.765. The molecule has 0 aromatic carbocycles. The number of esters is 1. The van der Waals surface area contributed by atoms with Crippen LogP contribution in [0.1, 0.15) is 6.92 Å². The van der Waals surface area contributed by atoms with E-state index in [1.165, 1.54) is 6.92 Å². The van der Waals surface area contributed by atoms with Crippen molar-refractivity contribution in [1.29, 1.82) is 0 Å². The molecule has 0 radical (unpaired) electrons. The number of carbonyl (C=O) groups excluding carboxylic acids is 1. The normalized spacial score (nSPS) is 6.57. The molecule has 0 aliphatic carbocycles. The zero-order chi connectivity index (χ0) is 4.99. The molecule has 0 spiro atoms. The van der Waals surface area contributed by atoms with Crippen LogP contribution < -0.4 is 0 Å². The van der Waals surface area contributed by atoms with E-state index in [0.717, 1.165) is 0 Å². The number of hydrogen-bond acceptors (Lipinski definition) is 3. The van der Waals surface area contributed by atoms with Crippen LogP contribution in [0.25, 0.3) is 0 Å². The van der Waals surface area contributed by atoms with E-state index in [2.05, 4.69) is 4.74 Å².